The number of amides is 1. The predicted octanol–water partition coefficient (Wildman–Crippen LogP) is 1.06. The number of benzene rings is 1. The number of hydrogen-bond donors (Lipinski definition) is 1. The zero-order chi connectivity index (χ0) is 24.2. The zero-order valence-electron chi connectivity index (χ0n) is 19.6. The smallest absolute Gasteiger partial charge is 0.269 e. The topological polar surface area (TPSA) is 95.9 Å². The summed E-state index contributed by atoms with van der Waals surface area (Å²) in [4.78, 5) is 38.4. The first-order valence-corrected chi connectivity index (χ1v) is 11.6. The molecule has 2 aromatic rings. The Morgan fingerprint density at radius 3 is 2.61 bits per heavy atom. The maximum Gasteiger partial charge on any atom is 0.269 e. The highest BCUT2D eigenvalue weighted by molar-refractivity contribution is 7.07. The number of hydrogen-bond acceptors (Lipinski definition) is 7. The first-order valence-electron chi connectivity index (χ1n) is 10.7. The minimum Gasteiger partial charge on any atom is -0.486 e. The molecule has 0 saturated heterocycles. The Hall–Kier alpha value is -2.91. The van der Waals surface area contributed by atoms with Crippen molar-refractivity contribution in [2.45, 2.75) is 40.3 Å². The number of ketones is 1. The number of rotatable bonds is 7. The van der Waals surface area contributed by atoms with Gasteiger partial charge in [0.2, 0.25) is 5.91 Å². The van der Waals surface area contributed by atoms with Gasteiger partial charge >= 0.3 is 0 Å². The Morgan fingerprint density at radius 2 is 1.94 bits per heavy atom. The molecule has 1 aliphatic heterocycles. The van der Waals surface area contributed by atoms with E-state index in [4.69, 9.17) is 14.2 Å². The van der Waals surface area contributed by atoms with Gasteiger partial charge in [0.25, 0.3) is 5.56 Å². The van der Waals surface area contributed by atoms with Crippen LogP contribution in [0.2, 0.25) is 0 Å². The highest BCUT2D eigenvalue weighted by atomic mass is 32.1. The Bertz CT molecular complexity index is 1210. The van der Waals surface area contributed by atoms with Gasteiger partial charge in [-0.3, -0.25) is 19.0 Å². The van der Waals surface area contributed by atoms with E-state index in [1.54, 1.807) is 25.3 Å². The maximum absolute atomic E-state index is 13.2. The number of fused-ring (bicyclic) bond motifs is 1. The van der Waals surface area contributed by atoms with Crippen molar-refractivity contribution in [3.63, 3.8) is 0 Å². The molecule has 1 N–H and O–H groups in total. The lowest BCUT2D eigenvalue weighted by Gasteiger charge is -2.18. The van der Waals surface area contributed by atoms with Crippen molar-refractivity contribution in [2.24, 2.45) is 5.41 Å². The summed E-state index contributed by atoms with van der Waals surface area (Å²) in [5.74, 6) is 0.821. The van der Waals surface area contributed by atoms with Crippen LogP contribution in [0.4, 0.5) is 0 Å². The molecule has 1 amide bonds. The zero-order valence-corrected chi connectivity index (χ0v) is 20.4. The number of Topliss-reactive ketones (excluding diaryl/α,β-unsaturated/α-hetero) is 1. The summed E-state index contributed by atoms with van der Waals surface area (Å²) in [6, 6.07) is 5.23. The van der Waals surface area contributed by atoms with Gasteiger partial charge in [-0.1, -0.05) is 26.8 Å². The molecule has 1 aromatic heterocycles. The Balaban J connectivity index is 2.03. The molecule has 0 aliphatic carbocycles. The lowest BCUT2D eigenvalue weighted by Crippen LogP contribution is -2.42. The largest absolute Gasteiger partial charge is 0.486 e. The summed E-state index contributed by atoms with van der Waals surface area (Å²) in [7, 11) is 1.55. The van der Waals surface area contributed by atoms with E-state index < -0.39 is 5.41 Å². The number of nitrogens with zero attached hydrogens (tertiary/aromatic N) is 1. The lowest BCUT2D eigenvalue weighted by atomic mass is 9.91. The van der Waals surface area contributed by atoms with Crippen molar-refractivity contribution >= 4 is 35.2 Å². The molecular formula is C24H30N2O6S. The predicted molar refractivity (Wildman–Crippen MR) is 127 cm³/mol. The summed E-state index contributed by atoms with van der Waals surface area (Å²) < 4.78 is 18.4. The summed E-state index contributed by atoms with van der Waals surface area (Å²) in [6.45, 7) is 8.37. The van der Waals surface area contributed by atoms with Crippen LogP contribution in [0, 0.1) is 5.41 Å². The molecule has 0 saturated carbocycles. The number of carbonyl (C=O) groups excluding carboxylic acids is 2. The number of ether oxygens (including phenoxy) is 3. The molecule has 3 rings (SSSR count). The van der Waals surface area contributed by atoms with E-state index in [2.05, 4.69) is 5.32 Å². The first-order chi connectivity index (χ1) is 15.6. The third-order valence-corrected chi connectivity index (χ3v) is 5.98. The number of methoxy groups -OCH3 is 1. The molecule has 1 aromatic carbocycles. The van der Waals surface area contributed by atoms with Crippen molar-refractivity contribution in [2.75, 3.05) is 26.9 Å². The normalized spacial score (nSPS) is 15.4. The Kier molecular flexibility index (Phi) is 7.76. The first kappa shape index (κ1) is 24.7. The molecule has 1 unspecified atom stereocenters. The SMILES string of the molecule is COCC(C)NC(=O)Cn1c(=O)/c(=C/c2ccc3c(c2)OCCO3)s/c1=C/C(=O)C(C)(C)C. The molecule has 0 spiro atoms. The quantitative estimate of drug-likeness (QED) is 0.645. The van der Waals surface area contributed by atoms with Crippen LogP contribution < -0.4 is 29.5 Å². The molecule has 8 nitrogen and oxygen atoms in total. The summed E-state index contributed by atoms with van der Waals surface area (Å²) in [6.07, 6.45) is 3.17. The van der Waals surface area contributed by atoms with Crippen LogP contribution in [-0.2, 0) is 20.9 Å². The molecule has 9 heteroatoms. The highest BCUT2D eigenvalue weighted by Gasteiger charge is 2.20. The van der Waals surface area contributed by atoms with E-state index in [0.717, 1.165) is 5.56 Å². The van der Waals surface area contributed by atoms with Crippen molar-refractivity contribution in [3.8, 4) is 11.5 Å². The second-order valence-corrected chi connectivity index (χ2v) is 9.99. The van der Waals surface area contributed by atoms with Gasteiger partial charge in [0.05, 0.1) is 11.1 Å². The molecule has 0 radical (unpaired) electrons. The number of aromatic nitrogens is 1. The van der Waals surface area contributed by atoms with Crippen molar-refractivity contribution in [3.05, 3.63) is 43.3 Å². The van der Waals surface area contributed by atoms with Gasteiger partial charge < -0.3 is 19.5 Å². The van der Waals surface area contributed by atoms with Gasteiger partial charge in [-0.25, -0.2) is 0 Å². The summed E-state index contributed by atoms with van der Waals surface area (Å²) >= 11 is 1.18. The van der Waals surface area contributed by atoms with Gasteiger partial charge in [0, 0.05) is 24.6 Å². The fourth-order valence-electron chi connectivity index (χ4n) is 3.18. The fourth-order valence-corrected chi connectivity index (χ4v) is 4.22. The lowest BCUT2D eigenvalue weighted by molar-refractivity contribution is -0.123. The van der Waals surface area contributed by atoms with E-state index >= 15 is 0 Å². The van der Waals surface area contributed by atoms with Crippen LogP contribution in [0.5, 0.6) is 11.5 Å². The minimum atomic E-state index is -0.611. The van der Waals surface area contributed by atoms with Crippen LogP contribution in [-0.4, -0.2) is 49.2 Å². The number of carbonyl (C=O) groups is 2. The molecule has 0 fully saturated rings. The van der Waals surface area contributed by atoms with Crippen molar-refractivity contribution in [1.82, 2.24) is 9.88 Å². The van der Waals surface area contributed by atoms with Crippen LogP contribution in [0.1, 0.15) is 33.3 Å². The third-order valence-electron chi connectivity index (χ3n) is 4.92. The van der Waals surface area contributed by atoms with Gasteiger partial charge in [-0.2, -0.15) is 0 Å². The molecule has 1 aliphatic rings. The summed E-state index contributed by atoms with van der Waals surface area (Å²) in [5, 5.41) is 2.80. The fraction of sp³-hybridized carbons (Fsp3) is 0.458. The van der Waals surface area contributed by atoms with Crippen molar-refractivity contribution in [1.29, 1.82) is 0 Å². The van der Waals surface area contributed by atoms with E-state index in [-0.39, 0.29) is 29.8 Å². The van der Waals surface area contributed by atoms with E-state index in [0.29, 0.717) is 40.5 Å². The van der Waals surface area contributed by atoms with Crippen LogP contribution >= 0.6 is 11.3 Å². The average Bonchev–Trinajstić information content (AvgIpc) is 3.01. The molecule has 2 heterocycles. The Morgan fingerprint density at radius 1 is 1.24 bits per heavy atom. The average molecular weight is 475 g/mol. The molecule has 178 valence electrons. The maximum atomic E-state index is 13.2. The second kappa shape index (κ2) is 10.4. The third kappa shape index (κ3) is 6.33. The van der Waals surface area contributed by atoms with Gasteiger partial charge in [-0.05, 0) is 30.7 Å². The molecule has 1 atom stereocenters. The van der Waals surface area contributed by atoms with E-state index in [1.807, 2.05) is 33.8 Å². The standard InChI is InChI=1S/C24H30N2O6S/c1-15(14-30-5)25-21(28)13-26-22(12-20(27)24(2,3)4)33-19(23(26)29)11-16-6-7-17-18(10-16)32-9-8-31-17/h6-7,10-12,15H,8-9,13-14H2,1-5H3,(H,25,28)/b19-11-,22-12+. The molecule has 0 bridgehead atoms. The van der Waals surface area contributed by atoms with Gasteiger partial charge in [0.1, 0.15) is 24.4 Å². The number of nitrogens with one attached hydrogen (secondary N) is 1. The molecular weight excluding hydrogens is 444 g/mol. The van der Waals surface area contributed by atoms with Crippen LogP contribution in [0.25, 0.3) is 12.2 Å². The van der Waals surface area contributed by atoms with Gasteiger partial charge in [-0.15, -0.1) is 11.3 Å². The molecule has 33 heavy (non-hydrogen) atoms. The highest BCUT2D eigenvalue weighted by Crippen LogP contribution is 2.30. The number of thiazole rings is 1. The Labute approximate surface area is 196 Å². The van der Waals surface area contributed by atoms with E-state index in [9.17, 15) is 14.4 Å². The van der Waals surface area contributed by atoms with Crippen LogP contribution in [0.3, 0.4) is 0 Å². The second-order valence-electron chi connectivity index (χ2n) is 8.93. The van der Waals surface area contributed by atoms with E-state index in [1.165, 1.54) is 22.0 Å². The van der Waals surface area contributed by atoms with Crippen molar-refractivity contribution < 1.29 is 23.8 Å². The monoisotopic (exact) mass is 474 g/mol. The minimum absolute atomic E-state index is 0.128. The van der Waals surface area contributed by atoms with Gasteiger partial charge in [0.15, 0.2) is 17.3 Å². The summed E-state index contributed by atoms with van der Waals surface area (Å²) in [5.41, 5.74) is -0.186. The van der Waals surface area contributed by atoms with Crippen LogP contribution in [0.15, 0.2) is 23.0 Å².